The summed E-state index contributed by atoms with van der Waals surface area (Å²) < 4.78 is 26.9. The Labute approximate surface area is 129 Å². The van der Waals surface area contributed by atoms with Crippen molar-refractivity contribution >= 4 is 10.0 Å². The summed E-state index contributed by atoms with van der Waals surface area (Å²) in [4.78, 5) is 0.365. The van der Waals surface area contributed by atoms with Crippen molar-refractivity contribution in [1.29, 1.82) is 0 Å². The van der Waals surface area contributed by atoms with Gasteiger partial charge in [0.25, 0.3) is 0 Å². The first-order valence-electron chi connectivity index (χ1n) is 7.50. The second-order valence-corrected chi connectivity index (χ2v) is 7.83. The van der Waals surface area contributed by atoms with Crippen LogP contribution in [0.1, 0.15) is 45.7 Å². The first kappa shape index (κ1) is 18.1. The summed E-state index contributed by atoms with van der Waals surface area (Å²) in [6.45, 7) is 8.08. The number of rotatable bonds is 7. The molecule has 0 saturated carbocycles. The van der Waals surface area contributed by atoms with E-state index in [1.54, 1.807) is 19.2 Å². The Bertz CT molecular complexity index is 551. The maximum Gasteiger partial charge on any atom is 0.243 e. The van der Waals surface area contributed by atoms with Gasteiger partial charge in [0.1, 0.15) is 0 Å². The Kier molecular flexibility index (Phi) is 6.38. The van der Waals surface area contributed by atoms with E-state index in [0.717, 1.165) is 12.0 Å². The molecule has 0 amide bonds. The summed E-state index contributed by atoms with van der Waals surface area (Å²) in [5, 5.41) is 3.21. The van der Waals surface area contributed by atoms with Crippen LogP contribution in [0.5, 0.6) is 0 Å². The third-order valence-electron chi connectivity index (χ3n) is 4.23. The van der Waals surface area contributed by atoms with Crippen molar-refractivity contribution in [2.75, 3.05) is 14.1 Å². The minimum Gasteiger partial charge on any atom is -0.313 e. The Morgan fingerprint density at radius 3 is 2.33 bits per heavy atom. The van der Waals surface area contributed by atoms with Crippen LogP contribution in [0, 0.1) is 5.92 Å². The van der Waals surface area contributed by atoms with Gasteiger partial charge in [-0.15, -0.1) is 0 Å². The molecule has 1 rings (SSSR count). The van der Waals surface area contributed by atoms with Crippen LogP contribution in [-0.4, -0.2) is 32.9 Å². The van der Waals surface area contributed by atoms with E-state index >= 15 is 0 Å². The third-order valence-corrected chi connectivity index (χ3v) is 6.17. The average Bonchev–Trinajstić information content (AvgIpc) is 2.47. The molecule has 21 heavy (non-hydrogen) atoms. The number of nitrogens with zero attached hydrogens (tertiary/aromatic N) is 1. The molecule has 0 spiro atoms. The second kappa shape index (κ2) is 7.38. The fourth-order valence-electron chi connectivity index (χ4n) is 2.30. The van der Waals surface area contributed by atoms with Gasteiger partial charge in [-0.25, -0.2) is 8.42 Å². The highest BCUT2D eigenvalue weighted by molar-refractivity contribution is 7.89. The van der Waals surface area contributed by atoms with E-state index in [-0.39, 0.29) is 18.0 Å². The molecule has 0 aliphatic rings. The molecule has 0 radical (unpaired) electrons. The Morgan fingerprint density at radius 1 is 1.24 bits per heavy atom. The maximum absolute atomic E-state index is 12.7. The van der Waals surface area contributed by atoms with E-state index < -0.39 is 10.0 Å². The minimum absolute atomic E-state index is 0.0371. The first-order valence-corrected chi connectivity index (χ1v) is 8.94. The SMILES string of the molecule is CCC(NC)c1cccc(S(=O)(=O)N(C)C(C)C(C)C)c1. The van der Waals surface area contributed by atoms with Crippen LogP contribution >= 0.6 is 0 Å². The molecule has 1 aromatic rings. The van der Waals surface area contributed by atoms with Gasteiger partial charge in [-0.1, -0.05) is 32.9 Å². The lowest BCUT2D eigenvalue weighted by atomic mass is 10.1. The zero-order valence-electron chi connectivity index (χ0n) is 13.9. The molecule has 5 heteroatoms. The molecule has 0 aliphatic heterocycles. The third kappa shape index (κ3) is 4.05. The van der Waals surface area contributed by atoms with E-state index in [9.17, 15) is 8.42 Å². The van der Waals surface area contributed by atoms with Gasteiger partial charge in [0.05, 0.1) is 4.90 Å². The van der Waals surface area contributed by atoms with Crippen LogP contribution in [-0.2, 0) is 10.0 Å². The fraction of sp³-hybridized carbons (Fsp3) is 0.625. The number of hydrogen-bond acceptors (Lipinski definition) is 3. The van der Waals surface area contributed by atoms with E-state index in [1.807, 2.05) is 40.0 Å². The summed E-state index contributed by atoms with van der Waals surface area (Å²) in [7, 11) is 0.0958. The predicted octanol–water partition coefficient (Wildman–Crippen LogP) is 3.02. The zero-order valence-corrected chi connectivity index (χ0v) is 14.7. The quantitative estimate of drug-likeness (QED) is 0.842. The molecular formula is C16H28N2O2S. The van der Waals surface area contributed by atoms with Crippen molar-refractivity contribution < 1.29 is 8.42 Å². The van der Waals surface area contributed by atoms with Crippen LogP contribution in [0.2, 0.25) is 0 Å². The molecule has 2 atom stereocenters. The highest BCUT2D eigenvalue weighted by atomic mass is 32.2. The van der Waals surface area contributed by atoms with Gasteiger partial charge in [-0.3, -0.25) is 0 Å². The summed E-state index contributed by atoms with van der Waals surface area (Å²) in [5.74, 6) is 0.272. The number of sulfonamides is 1. The minimum atomic E-state index is -3.45. The average molecular weight is 312 g/mol. The topological polar surface area (TPSA) is 49.4 Å². The lowest BCUT2D eigenvalue weighted by Gasteiger charge is -2.27. The second-order valence-electron chi connectivity index (χ2n) is 5.83. The lowest BCUT2D eigenvalue weighted by molar-refractivity contribution is 0.315. The lowest BCUT2D eigenvalue weighted by Crippen LogP contribution is -2.38. The molecule has 120 valence electrons. The van der Waals surface area contributed by atoms with Crippen molar-refractivity contribution in [1.82, 2.24) is 9.62 Å². The normalized spacial score (nSPS) is 15.4. The smallest absolute Gasteiger partial charge is 0.243 e. The predicted molar refractivity (Wildman–Crippen MR) is 87.8 cm³/mol. The van der Waals surface area contributed by atoms with Crippen LogP contribution in [0.3, 0.4) is 0 Å². The molecule has 4 nitrogen and oxygen atoms in total. The van der Waals surface area contributed by atoms with Crippen molar-refractivity contribution in [2.45, 2.75) is 51.1 Å². The number of benzene rings is 1. The van der Waals surface area contributed by atoms with E-state index in [0.29, 0.717) is 4.90 Å². The first-order chi connectivity index (χ1) is 9.75. The zero-order chi connectivity index (χ0) is 16.2. The van der Waals surface area contributed by atoms with Crippen LogP contribution < -0.4 is 5.32 Å². The summed E-state index contributed by atoms with van der Waals surface area (Å²) in [6.07, 6.45) is 0.915. The highest BCUT2D eigenvalue weighted by Crippen LogP contribution is 2.24. The van der Waals surface area contributed by atoms with Crippen LogP contribution in [0.25, 0.3) is 0 Å². The molecule has 0 aliphatic carbocycles. The summed E-state index contributed by atoms with van der Waals surface area (Å²) in [6, 6.07) is 7.37. The molecular weight excluding hydrogens is 284 g/mol. The molecule has 0 fully saturated rings. The largest absolute Gasteiger partial charge is 0.313 e. The highest BCUT2D eigenvalue weighted by Gasteiger charge is 2.27. The van der Waals surface area contributed by atoms with Gasteiger partial charge in [0.15, 0.2) is 0 Å². The van der Waals surface area contributed by atoms with Crippen LogP contribution in [0.15, 0.2) is 29.2 Å². The molecule has 0 aromatic heterocycles. The summed E-state index contributed by atoms with van der Waals surface area (Å²) in [5.41, 5.74) is 1.01. The molecule has 0 saturated heterocycles. The van der Waals surface area contributed by atoms with E-state index in [4.69, 9.17) is 0 Å². The number of nitrogens with one attached hydrogen (secondary N) is 1. The monoisotopic (exact) mass is 312 g/mol. The van der Waals surface area contributed by atoms with E-state index in [1.165, 1.54) is 4.31 Å². The number of hydrogen-bond donors (Lipinski definition) is 1. The summed E-state index contributed by atoms with van der Waals surface area (Å²) >= 11 is 0. The Hall–Kier alpha value is -0.910. The van der Waals surface area contributed by atoms with Gasteiger partial charge in [0.2, 0.25) is 10.0 Å². The molecule has 1 aromatic carbocycles. The van der Waals surface area contributed by atoms with Crippen LogP contribution in [0.4, 0.5) is 0 Å². The van der Waals surface area contributed by atoms with Crippen molar-refractivity contribution in [2.24, 2.45) is 5.92 Å². The Balaban J connectivity index is 3.18. The van der Waals surface area contributed by atoms with Gasteiger partial charge in [0, 0.05) is 19.1 Å². The fourth-order valence-corrected chi connectivity index (χ4v) is 3.85. The van der Waals surface area contributed by atoms with E-state index in [2.05, 4.69) is 12.2 Å². The van der Waals surface area contributed by atoms with Crippen molar-refractivity contribution in [3.05, 3.63) is 29.8 Å². The molecule has 2 unspecified atom stereocenters. The molecule has 0 bridgehead atoms. The molecule has 1 N–H and O–H groups in total. The van der Waals surface area contributed by atoms with Crippen molar-refractivity contribution in [3.8, 4) is 0 Å². The van der Waals surface area contributed by atoms with Gasteiger partial charge in [-0.05, 0) is 44.0 Å². The standard InChI is InChI=1S/C16H28N2O2S/c1-7-16(17-5)14-9-8-10-15(11-14)21(19,20)18(6)13(4)12(2)3/h8-13,16-17H,7H2,1-6H3. The van der Waals surface area contributed by atoms with Gasteiger partial charge >= 0.3 is 0 Å². The Morgan fingerprint density at radius 2 is 1.86 bits per heavy atom. The van der Waals surface area contributed by atoms with Gasteiger partial charge < -0.3 is 5.32 Å². The maximum atomic E-state index is 12.7. The van der Waals surface area contributed by atoms with Gasteiger partial charge in [-0.2, -0.15) is 4.31 Å². The molecule has 0 heterocycles. The van der Waals surface area contributed by atoms with Crippen molar-refractivity contribution in [3.63, 3.8) is 0 Å².